The normalized spacial score (nSPS) is 10.9. The Labute approximate surface area is 124 Å². The van der Waals surface area contributed by atoms with Gasteiger partial charge in [-0.2, -0.15) is 0 Å². The summed E-state index contributed by atoms with van der Waals surface area (Å²) in [6, 6.07) is 9.36. The Kier molecular flexibility index (Phi) is 4.95. The second-order valence-electron chi connectivity index (χ2n) is 5.67. The Balaban J connectivity index is 0.00000200. The predicted octanol–water partition coefficient (Wildman–Crippen LogP) is -0.961. The first-order chi connectivity index (χ1) is 8.87. The third-order valence-corrected chi connectivity index (χ3v) is 2.75. The van der Waals surface area contributed by atoms with Crippen LogP contribution in [0.2, 0.25) is 0 Å². The molecule has 0 aliphatic heterocycles. The van der Waals surface area contributed by atoms with Crippen LogP contribution in [0.25, 0.3) is 10.9 Å². The van der Waals surface area contributed by atoms with Crippen molar-refractivity contribution in [1.29, 1.82) is 5.41 Å². The van der Waals surface area contributed by atoms with Gasteiger partial charge in [0.05, 0.1) is 10.9 Å². The number of hydrogen-bond donors (Lipinski definition) is 2. The van der Waals surface area contributed by atoms with Crippen LogP contribution in [-0.2, 0) is 11.3 Å². The van der Waals surface area contributed by atoms with Gasteiger partial charge in [-0.1, -0.05) is 18.2 Å². The quantitative estimate of drug-likeness (QED) is 0.736. The standard InChI is InChI=1S/C15H19N3O.ClH/c1-15(2,3)17-14(19)10-18-9-8-12(16)11-6-4-5-7-13(11)18;/h4-9,16H,10H2,1-3H3,(H,17,19);1H/p-1. The highest BCUT2D eigenvalue weighted by Gasteiger charge is 2.14. The zero-order valence-electron chi connectivity index (χ0n) is 11.9. The molecule has 4 nitrogen and oxygen atoms in total. The van der Waals surface area contributed by atoms with Gasteiger partial charge in [-0.3, -0.25) is 4.79 Å². The molecule has 0 saturated heterocycles. The molecule has 0 radical (unpaired) electrons. The molecule has 2 rings (SSSR count). The topological polar surface area (TPSA) is 57.9 Å². The summed E-state index contributed by atoms with van der Waals surface area (Å²) in [5.74, 6) is -0.0274. The minimum absolute atomic E-state index is 0. The van der Waals surface area contributed by atoms with Crippen LogP contribution in [0.5, 0.6) is 0 Å². The third-order valence-electron chi connectivity index (χ3n) is 2.75. The number of nitrogens with one attached hydrogen (secondary N) is 2. The van der Waals surface area contributed by atoms with Crippen molar-refractivity contribution in [3.63, 3.8) is 0 Å². The summed E-state index contributed by atoms with van der Waals surface area (Å²) in [4.78, 5) is 12.0. The fourth-order valence-corrected chi connectivity index (χ4v) is 2.04. The monoisotopic (exact) mass is 292 g/mol. The van der Waals surface area contributed by atoms with Gasteiger partial charge in [-0.05, 0) is 32.9 Å². The summed E-state index contributed by atoms with van der Waals surface area (Å²) in [6.07, 6.45) is 1.78. The second kappa shape index (κ2) is 6.09. The van der Waals surface area contributed by atoms with E-state index in [1.807, 2.05) is 49.6 Å². The molecule has 0 fully saturated rings. The molecule has 0 atom stereocenters. The van der Waals surface area contributed by atoms with Gasteiger partial charge in [0.15, 0.2) is 0 Å². The molecule has 0 saturated carbocycles. The molecule has 5 heteroatoms. The summed E-state index contributed by atoms with van der Waals surface area (Å²) in [6.45, 7) is 6.14. The van der Waals surface area contributed by atoms with Crippen molar-refractivity contribution in [2.75, 3.05) is 0 Å². The van der Waals surface area contributed by atoms with E-state index < -0.39 is 0 Å². The van der Waals surface area contributed by atoms with Gasteiger partial charge in [0.2, 0.25) is 5.91 Å². The van der Waals surface area contributed by atoms with Crippen LogP contribution in [0.4, 0.5) is 0 Å². The summed E-state index contributed by atoms with van der Waals surface area (Å²) >= 11 is 0. The molecule has 0 bridgehead atoms. The lowest BCUT2D eigenvalue weighted by molar-refractivity contribution is -0.123. The molecule has 1 heterocycles. The van der Waals surface area contributed by atoms with E-state index in [1.165, 1.54) is 0 Å². The first-order valence-electron chi connectivity index (χ1n) is 6.31. The average Bonchev–Trinajstić information content (AvgIpc) is 2.31. The van der Waals surface area contributed by atoms with Crippen LogP contribution in [0.1, 0.15) is 20.8 Å². The SMILES string of the molecule is CC(C)(C)NC(=O)Cn1ccc(=N)c2ccccc21.[Cl-]. The first-order valence-corrected chi connectivity index (χ1v) is 6.31. The van der Waals surface area contributed by atoms with Crippen molar-refractivity contribution in [3.05, 3.63) is 41.9 Å². The van der Waals surface area contributed by atoms with E-state index >= 15 is 0 Å². The fraction of sp³-hybridized carbons (Fsp3) is 0.333. The maximum Gasteiger partial charge on any atom is 0.240 e. The second-order valence-corrected chi connectivity index (χ2v) is 5.67. The highest BCUT2D eigenvalue weighted by molar-refractivity contribution is 5.82. The molecule has 0 aliphatic carbocycles. The largest absolute Gasteiger partial charge is 1.00 e. The highest BCUT2D eigenvalue weighted by Crippen LogP contribution is 2.09. The summed E-state index contributed by atoms with van der Waals surface area (Å²) in [7, 11) is 0. The lowest BCUT2D eigenvalue weighted by atomic mass is 10.1. The van der Waals surface area contributed by atoms with E-state index in [9.17, 15) is 4.79 Å². The maximum atomic E-state index is 12.0. The fourth-order valence-electron chi connectivity index (χ4n) is 2.04. The average molecular weight is 293 g/mol. The Morgan fingerprint density at radius 2 is 1.90 bits per heavy atom. The Hall–Kier alpha value is -1.81. The highest BCUT2D eigenvalue weighted by atomic mass is 35.5. The molecule has 108 valence electrons. The minimum atomic E-state index is -0.233. The summed E-state index contributed by atoms with van der Waals surface area (Å²) in [5.41, 5.74) is 0.669. The number of halogens is 1. The van der Waals surface area contributed by atoms with E-state index in [-0.39, 0.29) is 30.4 Å². The van der Waals surface area contributed by atoms with Gasteiger partial charge in [-0.25, -0.2) is 0 Å². The van der Waals surface area contributed by atoms with Gasteiger partial charge < -0.3 is 27.7 Å². The number of carbonyl (C=O) groups excluding carboxylic acids is 1. The predicted molar refractivity (Wildman–Crippen MR) is 75.7 cm³/mol. The molecule has 2 aromatic rings. The zero-order valence-corrected chi connectivity index (χ0v) is 12.7. The van der Waals surface area contributed by atoms with Crippen LogP contribution >= 0.6 is 0 Å². The third kappa shape index (κ3) is 3.84. The lowest BCUT2D eigenvalue weighted by Crippen LogP contribution is -3.00. The van der Waals surface area contributed by atoms with Crippen molar-refractivity contribution in [2.45, 2.75) is 32.9 Å². The van der Waals surface area contributed by atoms with Crippen molar-refractivity contribution >= 4 is 16.8 Å². The Bertz CT molecular complexity index is 671. The molecule has 20 heavy (non-hydrogen) atoms. The molecule has 1 amide bonds. The molecule has 0 spiro atoms. The van der Waals surface area contributed by atoms with E-state index in [4.69, 9.17) is 5.41 Å². The van der Waals surface area contributed by atoms with Crippen LogP contribution < -0.4 is 23.1 Å². The molecular weight excluding hydrogens is 274 g/mol. The Morgan fingerprint density at radius 3 is 2.55 bits per heavy atom. The van der Waals surface area contributed by atoms with Crippen LogP contribution in [0.15, 0.2) is 36.5 Å². The van der Waals surface area contributed by atoms with Gasteiger partial charge in [0.25, 0.3) is 0 Å². The molecule has 2 N–H and O–H groups in total. The van der Waals surface area contributed by atoms with Crippen LogP contribution in [0.3, 0.4) is 0 Å². The lowest BCUT2D eigenvalue weighted by Gasteiger charge is -2.21. The number of pyridine rings is 1. The maximum absolute atomic E-state index is 12.0. The molecular formula is C15H19ClN3O-. The number of amides is 1. The zero-order chi connectivity index (χ0) is 14.0. The van der Waals surface area contributed by atoms with Gasteiger partial charge in [-0.15, -0.1) is 0 Å². The molecule has 0 unspecified atom stereocenters. The molecule has 1 aromatic carbocycles. The van der Waals surface area contributed by atoms with E-state index in [0.717, 1.165) is 10.9 Å². The Morgan fingerprint density at radius 1 is 1.25 bits per heavy atom. The number of carbonyl (C=O) groups is 1. The number of benzene rings is 1. The van der Waals surface area contributed by atoms with E-state index in [1.54, 1.807) is 12.3 Å². The number of rotatable bonds is 2. The van der Waals surface area contributed by atoms with Crippen molar-refractivity contribution in [3.8, 4) is 0 Å². The van der Waals surface area contributed by atoms with Crippen molar-refractivity contribution in [2.24, 2.45) is 0 Å². The van der Waals surface area contributed by atoms with Crippen LogP contribution in [-0.4, -0.2) is 16.0 Å². The van der Waals surface area contributed by atoms with Gasteiger partial charge in [0.1, 0.15) is 6.54 Å². The number of aromatic nitrogens is 1. The van der Waals surface area contributed by atoms with E-state index in [0.29, 0.717) is 5.36 Å². The van der Waals surface area contributed by atoms with Gasteiger partial charge >= 0.3 is 0 Å². The number of fused-ring (bicyclic) bond motifs is 1. The first kappa shape index (κ1) is 16.2. The number of hydrogen-bond acceptors (Lipinski definition) is 2. The van der Waals surface area contributed by atoms with Crippen molar-refractivity contribution in [1.82, 2.24) is 9.88 Å². The number of para-hydroxylation sites is 1. The molecule has 1 aromatic heterocycles. The number of nitrogens with zero attached hydrogens (tertiary/aromatic N) is 1. The van der Waals surface area contributed by atoms with E-state index in [2.05, 4.69) is 5.32 Å². The summed E-state index contributed by atoms with van der Waals surface area (Å²) < 4.78 is 1.87. The smallest absolute Gasteiger partial charge is 0.240 e. The summed E-state index contributed by atoms with van der Waals surface area (Å²) in [5, 5.41) is 12.1. The molecule has 0 aliphatic rings. The minimum Gasteiger partial charge on any atom is -1.00 e. The van der Waals surface area contributed by atoms with Gasteiger partial charge in [0, 0.05) is 17.1 Å². The van der Waals surface area contributed by atoms with Crippen LogP contribution in [0, 0.1) is 5.41 Å². The van der Waals surface area contributed by atoms with Crippen molar-refractivity contribution < 1.29 is 17.2 Å².